The van der Waals surface area contributed by atoms with Gasteiger partial charge in [-0.1, -0.05) is 139 Å². The van der Waals surface area contributed by atoms with E-state index in [0.717, 1.165) is 51.4 Å². The summed E-state index contributed by atoms with van der Waals surface area (Å²) in [6, 6.07) is -1.58. The standard InChI is InChI=1S/C40H68NO10P/c1-3-5-7-9-11-13-15-16-17-18-19-20-22-23-25-27-29-31-38(43)41-37(40(45)46)35-51-52(47,48)50-34-36(42)33-49-39(44)32-30-28-26-24-21-14-12-10-8-6-4-2/h5,7,11,13,16-17,19-20,23,25,36-37,42H,3-4,6,8-10,12,14-15,18,21-22,24,26-35H2,1-2H3,(H,41,43)(H,45,46)(H,47,48)/b7-5-,13-11-,17-16-,20-19-,25-23-. The van der Waals surface area contributed by atoms with Gasteiger partial charge in [0.25, 0.3) is 0 Å². The molecule has 3 atom stereocenters. The first kappa shape index (κ1) is 49.2. The highest BCUT2D eigenvalue weighted by Crippen LogP contribution is 2.43. The molecule has 3 unspecified atom stereocenters. The van der Waals surface area contributed by atoms with E-state index >= 15 is 0 Å². The van der Waals surface area contributed by atoms with E-state index in [2.05, 4.69) is 67.8 Å². The fourth-order valence-electron chi connectivity index (χ4n) is 4.82. The second-order valence-electron chi connectivity index (χ2n) is 12.7. The third kappa shape index (κ3) is 34.3. The first-order valence-corrected chi connectivity index (χ1v) is 20.8. The number of aliphatic hydroxyl groups is 1. The molecule has 52 heavy (non-hydrogen) atoms. The molecule has 0 saturated carbocycles. The number of hydrogen-bond acceptors (Lipinski definition) is 8. The molecule has 0 aliphatic rings. The second-order valence-corrected chi connectivity index (χ2v) is 14.2. The summed E-state index contributed by atoms with van der Waals surface area (Å²) in [5.74, 6) is -2.46. The molecule has 298 valence electrons. The maximum absolute atomic E-state index is 12.2. The van der Waals surface area contributed by atoms with Crippen molar-refractivity contribution >= 4 is 25.7 Å². The Kier molecular flexibility index (Phi) is 33.3. The predicted molar refractivity (Wildman–Crippen MR) is 208 cm³/mol. The Morgan fingerprint density at radius 2 is 1.12 bits per heavy atom. The maximum atomic E-state index is 12.2. The van der Waals surface area contributed by atoms with Crippen LogP contribution in [0, 0.1) is 0 Å². The molecule has 4 N–H and O–H groups in total. The highest BCUT2D eigenvalue weighted by molar-refractivity contribution is 7.47. The van der Waals surface area contributed by atoms with E-state index in [0.29, 0.717) is 19.3 Å². The van der Waals surface area contributed by atoms with Gasteiger partial charge in [0, 0.05) is 12.8 Å². The molecular formula is C40H68NO10P. The van der Waals surface area contributed by atoms with Gasteiger partial charge in [-0.15, -0.1) is 0 Å². The number of aliphatic hydroxyl groups excluding tert-OH is 1. The minimum atomic E-state index is -4.77. The van der Waals surface area contributed by atoms with Crippen molar-refractivity contribution in [2.45, 2.75) is 154 Å². The van der Waals surface area contributed by atoms with Crippen molar-refractivity contribution in [3.63, 3.8) is 0 Å². The number of carboxylic acid groups (broad SMARTS) is 1. The molecular weight excluding hydrogens is 685 g/mol. The van der Waals surface area contributed by atoms with E-state index < -0.39 is 57.6 Å². The van der Waals surface area contributed by atoms with Crippen LogP contribution in [0.15, 0.2) is 60.8 Å². The topological polar surface area (TPSA) is 169 Å². The second kappa shape index (κ2) is 35.2. The first-order chi connectivity index (χ1) is 25.1. The van der Waals surface area contributed by atoms with Crippen LogP contribution in [-0.4, -0.2) is 64.9 Å². The van der Waals surface area contributed by atoms with Gasteiger partial charge >= 0.3 is 19.8 Å². The zero-order valence-corrected chi connectivity index (χ0v) is 32.7. The largest absolute Gasteiger partial charge is 0.480 e. The Morgan fingerprint density at radius 1 is 0.635 bits per heavy atom. The van der Waals surface area contributed by atoms with E-state index in [1.54, 1.807) is 0 Å². The van der Waals surface area contributed by atoms with Crippen LogP contribution in [0.25, 0.3) is 0 Å². The summed E-state index contributed by atoms with van der Waals surface area (Å²) < 4.78 is 26.7. The van der Waals surface area contributed by atoms with Crippen molar-refractivity contribution in [3.8, 4) is 0 Å². The monoisotopic (exact) mass is 753 g/mol. The van der Waals surface area contributed by atoms with Crippen LogP contribution in [0.2, 0.25) is 0 Å². The van der Waals surface area contributed by atoms with Crippen molar-refractivity contribution in [1.29, 1.82) is 0 Å². The van der Waals surface area contributed by atoms with E-state index in [9.17, 15) is 34.1 Å². The molecule has 0 rings (SSSR count). The van der Waals surface area contributed by atoms with Crippen LogP contribution in [0.3, 0.4) is 0 Å². The molecule has 0 saturated heterocycles. The summed E-state index contributed by atoms with van der Waals surface area (Å²) in [6.45, 7) is 2.40. The van der Waals surface area contributed by atoms with Gasteiger partial charge in [0.1, 0.15) is 12.7 Å². The number of unbranched alkanes of at least 4 members (excludes halogenated alkanes) is 11. The summed E-state index contributed by atoms with van der Waals surface area (Å²) in [4.78, 5) is 45.7. The quantitative estimate of drug-likeness (QED) is 0.0212. The fourth-order valence-corrected chi connectivity index (χ4v) is 5.59. The lowest BCUT2D eigenvalue weighted by Crippen LogP contribution is -2.43. The van der Waals surface area contributed by atoms with Gasteiger partial charge in [0.05, 0.1) is 13.2 Å². The van der Waals surface area contributed by atoms with Crippen molar-refractivity contribution < 1.29 is 47.8 Å². The highest BCUT2D eigenvalue weighted by Gasteiger charge is 2.28. The molecule has 0 bridgehead atoms. The SMILES string of the molecule is CC/C=C\C/C=C\C/C=C\C/C=C\C/C=C\CCCC(=O)NC(COP(=O)(O)OCC(O)COC(=O)CCCCCCCCCCCCC)C(=O)O. The number of amides is 1. The van der Waals surface area contributed by atoms with Gasteiger partial charge in [-0.3, -0.25) is 18.6 Å². The average Bonchev–Trinajstić information content (AvgIpc) is 3.11. The Balaban J connectivity index is 4.08. The molecule has 0 aliphatic carbocycles. The van der Waals surface area contributed by atoms with Gasteiger partial charge in [0.2, 0.25) is 5.91 Å². The van der Waals surface area contributed by atoms with Crippen LogP contribution in [0.5, 0.6) is 0 Å². The molecule has 12 heteroatoms. The summed E-state index contributed by atoms with van der Waals surface area (Å²) in [7, 11) is -4.77. The van der Waals surface area contributed by atoms with Crippen molar-refractivity contribution in [2.75, 3.05) is 19.8 Å². The summed E-state index contributed by atoms with van der Waals surface area (Å²) in [5, 5.41) is 21.7. The van der Waals surface area contributed by atoms with Crippen LogP contribution >= 0.6 is 7.82 Å². The van der Waals surface area contributed by atoms with E-state index in [-0.39, 0.29) is 12.8 Å². The number of carboxylic acids is 1. The molecule has 0 radical (unpaired) electrons. The van der Waals surface area contributed by atoms with Gasteiger partial charge in [-0.25, -0.2) is 9.36 Å². The molecule has 0 fully saturated rings. The minimum Gasteiger partial charge on any atom is -0.480 e. The predicted octanol–water partition coefficient (Wildman–Crippen LogP) is 9.22. The van der Waals surface area contributed by atoms with Gasteiger partial charge in [-0.2, -0.15) is 0 Å². The molecule has 1 amide bonds. The van der Waals surface area contributed by atoms with Gasteiger partial charge in [-0.05, 0) is 51.4 Å². The van der Waals surface area contributed by atoms with Crippen LogP contribution in [-0.2, 0) is 32.7 Å². The lowest BCUT2D eigenvalue weighted by atomic mass is 10.1. The first-order valence-electron chi connectivity index (χ1n) is 19.3. The number of ether oxygens (including phenoxy) is 1. The van der Waals surface area contributed by atoms with E-state index in [4.69, 9.17) is 13.8 Å². The number of hydrogen-bond donors (Lipinski definition) is 4. The van der Waals surface area contributed by atoms with E-state index in [1.165, 1.54) is 44.9 Å². The Morgan fingerprint density at radius 3 is 1.63 bits per heavy atom. The number of carbonyl (C=O) groups is 3. The van der Waals surface area contributed by atoms with Crippen molar-refractivity contribution in [1.82, 2.24) is 5.32 Å². The Bertz CT molecular complexity index is 1120. The normalized spacial score (nSPS) is 14.5. The lowest BCUT2D eigenvalue weighted by Gasteiger charge is -2.18. The highest BCUT2D eigenvalue weighted by atomic mass is 31.2. The van der Waals surface area contributed by atoms with Gasteiger partial charge in [0.15, 0.2) is 6.04 Å². The molecule has 0 aromatic rings. The maximum Gasteiger partial charge on any atom is 0.472 e. The van der Waals surface area contributed by atoms with Crippen molar-refractivity contribution in [2.24, 2.45) is 0 Å². The molecule has 0 spiro atoms. The number of phosphoric acid groups is 1. The number of aliphatic carboxylic acids is 1. The Hall–Kier alpha value is -2.82. The molecule has 0 heterocycles. The summed E-state index contributed by atoms with van der Waals surface area (Å²) >= 11 is 0. The third-order valence-corrected chi connectivity index (χ3v) is 8.77. The zero-order chi connectivity index (χ0) is 38.5. The number of carbonyl (C=O) groups excluding carboxylic acids is 2. The van der Waals surface area contributed by atoms with Crippen LogP contribution in [0.1, 0.15) is 142 Å². The Labute approximate surface area is 313 Å². The van der Waals surface area contributed by atoms with Crippen LogP contribution < -0.4 is 5.32 Å². The third-order valence-electron chi connectivity index (χ3n) is 7.82. The number of nitrogens with one attached hydrogen (secondary N) is 1. The zero-order valence-electron chi connectivity index (χ0n) is 31.8. The molecule has 0 aromatic heterocycles. The van der Waals surface area contributed by atoms with E-state index in [1.807, 2.05) is 12.2 Å². The number of phosphoric ester groups is 1. The van der Waals surface area contributed by atoms with Crippen molar-refractivity contribution in [3.05, 3.63) is 60.8 Å². The molecule has 0 aromatic carbocycles. The number of rotatable bonds is 35. The lowest BCUT2D eigenvalue weighted by molar-refractivity contribution is -0.147. The number of esters is 1. The minimum absolute atomic E-state index is 0.0650. The smallest absolute Gasteiger partial charge is 0.472 e. The van der Waals surface area contributed by atoms with Gasteiger partial charge < -0.3 is 25.2 Å². The summed E-state index contributed by atoms with van der Waals surface area (Å²) in [6.07, 6.45) is 38.3. The average molecular weight is 754 g/mol. The van der Waals surface area contributed by atoms with Crippen LogP contribution in [0.4, 0.5) is 0 Å². The summed E-state index contributed by atoms with van der Waals surface area (Å²) in [5.41, 5.74) is 0. The fraction of sp³-hybridized carbons (Fsp3) is 0.675. The molecule has 0 aliphatic heterocycles. The number of allylic oxidation sites excluding steroid dienone is 10. The molecule has 11 nitrogen and oxygen atoms in total.